The van der Waals surface area contributed by atoms with Crippen LogP contribution in [0.1, 0.15) is 5.56 Å². The lowest BCUT2D eigenvalue weighted by atomic mass is 10.2. The van der Waals surface area contributed by atoms with E-state index in [9.17, 15) is 10.1 Å². The number of halogens is 1. The van der Waals surface area contributed by atoms with Crippen LogP contribution in [0.4, 0.5) is 17.1 Å². The van der Waals surface area contributed by atoms with Gasteiger partial charge in [-0.2, -0.15) is 0 Å². The normalized spacial score (nSPS) is 10.1. The molecule has 0 radical (unpaired) electrons. The zero-order valence-electron chi connectivity index (χ0n) is 10.9. The molecule has 2 rings (SSSR count). The number of hydrogen-bond donors (Lipinski definition) is 2. The van der Waals surface area contributed by atoms with Crippen molar-refractivity contribution in [3.05, 3.63) is 63.2 Å². The molecular weight excluding hydrogens is 278 g/mol. The lowest BCUT2D eigenvalue weighted by molar-refractivity contribution is -0.383. The minimum absolute atomic E-state index is 0.0453. The van der Waals surface area contributed by atoms with E-state index in [2.05, 4.69) is 10.6 Å². The van der Waals surface area contributed by atoms with Gasteiger partial charge in [0.05, 0.1) is 4.92 Å². The van der Waals surface area contributed by atoms with Crippen molar-refractivity contribution in [3.8, 4) is 0 Å². The van der Waals surface area contributed by atoms with Crippen LogP contribution in [0.15, 0.2) is 42.5 Å². The Bertz CT molecular complexity index is 614. The Kier molecular flexibility index (Phi) is 4.42. The van der Waals surface area contributed by atoms with E-state index in [0.717, 1.165) is 5.56 Å². The van der Waals surface area contributed by atoms with Crippen LogP contribution in [-0.4, -0.2) is 12.0 Å². The maximum atomic E-state index is 11.2. The van der Waals surface area contributed by atoms with E-state index in [1.807, 2.05) is 12.1 Å². The van der Waals surface area contributed by atoms with Crippen LogP contribution in [0.5, 0.6) is 0 Å². The molecule has 0 spiro atoms. The molecule has 0 saturated carbocycles. The maximum Gasteiger partial charge on any atom is 0.315 e. The van der Waals surface area contributed by atoms with Crippen LogP contribution in [0, 0.1) is 10.1 Å². The predicted molar refractivity (Wildman–Crippen MR) is 81.4 cm³/mol. The first-order chi connectivity index (χ1) is 9.61. The number of nitrogens with one attached hydrogen (secondary N) is 2. The molecule has 2 aromatic rings. The summed E-state index contributed by atoms with van der Waals surface area (Å²) in [5.41, 5.74) is 2.01. The quantitative estimate of drug-likeness (QED) is 0.647. The third-order valence-corrected chi connectivity index (χ3v) is 3.14. The largest absolute Gasteiger partial charge is 0.382 e. The minimum Gasteiger partial charge on any atom is -0.382 e. The van der Waals surface area contributed by atoms with E-state index in [1.54, 1.807) is 37.4 Å². The summed E-state index contributed by atoms with van der Waals surface area (Å²) in [5.74, 6) is 0. The van der Waals surface area contributed by atoms with Gasteiger partial charge in [-0.1, -0.05) is 29.8 Å². The molecule has 0 unspecified atom stereocenters. The summed E-state index contributed by atoms with van der Waals surface area (Å²) in [6.45, 7) is 0.491. The predicted octanol–water partition coefficient (Wildman–Crippen LogP) is 3.90. The second-order valence-corrected chi connectivity index (χ2v) is 4.63. The number of nitrogens with zero attached hydrogens (tertiary/aromatic N) is 1. The first-order valence-corrected chi connectivity index (χ1v) is 6.43. The van der Waals surface area contributed by atoms with Crippen molar-refractivity contribution in [1.82, 2.24) is 0 Å². The summed E-state index contributed by atoms with van der Waals surface area (Å²) in [6.07, 6.45) is 0. The highest BCUT2D eigenvalue weighted by Crippen LogP contribution is 2.32. The number of nitro benzene ring substituents is 1. The number of anilines is 2. The molecule has 0 bridgehead atoms. The standard InChI is InChI=1S/C14H14ClN3O2/c1-16-12-3-2-4-13(14(12)18(19)20)17-9-10-5-7-11(15)8-6-10/h2-8,16-17H,9H2,1H3. The fourth-order valence-corrected chi connectivity index (χ4v) is 2.01. The Morgan fingerprint density at radius 3 is 2.40 bits per heavy atom. The molecule has 0 saturated heterocycles. The van der Waals surface area contributed by atoms with Gasteiger partial charge in [0.25, 0.3) is 0 Å². The molecule has 0 atom stereocenters. The molecule has 2 N–H and O–H groups in total. The summed E-state index contributed by atoms with van der Waals surface area (Å²) >= 11 is 5.82. The van der Waals surface area contributed by atoms with E-state index >= 15 is 0 Å². The number of hydrogen-bond acceptors (Lipinski definition) is 4. The van der Waals surface area contributed by atoms with E-state index in [4.69, 9.17) is 11.6 Å². The van der Waals surface area contributed by atoms with E-state index in [-0.39, 0.29) is 5.69 Å². The Hall–Kier alpha value is -2.27. The summed E-state index contributed by atoms with van der Waals surface area (Å²) < 4.78 is 0. The minimum atomic E-state index is -0.393. The summed E-state index contributed by atoms with van der Waals surface area (Å²) in [6, 6.07) is 12.5. The molecule has 0 aromatic heterocycles. The smallest absolute Gasteiger partial charge is 0.315 e. The van der Waals surface area contributed by atoms with E-state index < -0.39 is 4.92 Å². The summed E-state index contributed by atoms with van der Waals surface area (Å²) in [4.78, 5) is 10.8. The third-order valence-electron chi connectivity index (χ3n) is 2.88. The molecule has 0 heterocycles. The highest BCUT2D eigenvalue weighted by Gasteiger charge is 2.18. The summed E-state index contributed by atoms with van der Waals surface area (Å²) in [5, 5.41) is 17.7. The first-order valence-electron chi connectivity index (χ1n) is 6.05. The van der Waals surface area contributed by atoms with Crippen molar-refractivity contribution >= 4 is 28.7 Å². The van der Waals surface area contributed by atoms with Gasteiger partial charge < -0.3 is 10.6 Å². The Labute approximate surface area is 121 Å². The van der Waals surface area contributed by atoms with Gasteiger partial charge in [-0.3, -0.25) is 10.1 Å². The molecule has 104 valence electrons. The molecule has 0 amide bonds. The van der Waals surface area contributed by atoms with Gasteiger partial charge in [0.2, 0.25) is 0 Å². The number of para-hydroxylation sites is 1. The van der Waals surface area contributed by atoms with Crippen LogP contribution in [0.3, 0.4) is 0 Å². The van der Waals surface area contributed by atoms with E-state index in [0.29, 0.717) is 22.9 Å². The monoisotopic (exact) mass is 291 g/mol. The third kappa shape index (κ3) is 3.19. The zero-order valence-corrected chi connectivity index (χ0v) is 11.6. The van der Waals surface area contributed by atoms with Crippen LogP contribution in [0.2, 0.25) is 5.02 Å². The van der Waals surface area contributed by atoms with Gasteiger partial charge in [0, 0.05) is 18.6 Å². The molecule has 0 aliphatic carbocycles. The molecular formula is C14H14ClN3O2. The van der Waals surface area contributed by atoms with Gasteiger partial charge in [-0.05, 0) is 29.8 Å². The van der Waals surface area contributed by atoms with Gasteiger partial charge >= 0.3 is 5.69 Å². The fourth-order valence-electron chi connectivity index (χ4n) is 1.88. The summed E-state index contributed by atoms with van der Waals surface area (Å²) in [7, 11) is 1.66. The topological polar surface area (TPSA) is 67.2 Å². The molecule has 0 aliphatic heterocycles. The maximum absolute atomic E-state index is 11.2. The number of rotatable bonds is 5. The lowest BCUT2D eigenvalue weighted by Crippen LogP contribution is -2.04. The first kappa shape index (κ1) is 14.1. The Balaban J connectivity index is 2.21. The van der Waals surface area contributed by atoms with Gasteiger partial charge in [0.15, 0.2) is 0 Å². The molecule has 5 nitrogen and oxygen atoms in total. The molecule has 6 heteroatoms. The average Bonchev–Trinajstić information content (AvgIpc) is 2.46. The molecule has 0 aliphatic rings. The van der Waals surface area contributed by atoms with E-state index in [1.165, 1.54) is 0 Å². The van der Waals surface area contributed by atoms with Gasteiger partial charge in [-0.15, -0.1) is 0 Å². The van der Waals surface area contributed by atoms with Crippen LogP contribution < -0.4 is 10.6 Å². The number of benzene rings is 2. The Morgan fingerprint density at radius 2 is 1.80 bits per heavy atom. The lowest BCUT2D eigenvalue weighted by Gasteiger charge is -2.10. The molecule has 20 heavy (non-hydrogen) atoms. The van der Waals surface area contributed by atoms with Crippen molar-refractivity contribution < 1.29 is 4.92 Å². The fraction of sp³-hybridized carbons (Fsp3) is 0.143. The second kappa shape index (κ2) is 6.25. The average molecular weight is 292 g/mol. The molecule has 2 aromatic carbocycles. The van der Waals surface area contributed by atoms with Gasteiger partial charge in [-0.25, -0.2) is 0 Å². The van der Waals surface area contributed by atoms with Crippen molar-refractivity contribution in [2.24, 2.45) is 0 Å². The number of nitro groups is 1. The van der Waals surface area contributed by atoms with Crippen molar-refractivity contribution in [1.29, 1.82) is 0 Å². The highest BCUT2D eigenvalue weighted by atomic mass is 35.5. The van der Waals surface area contributed by atoms with Crippen LogP contribution >= 0.6 is 11.6 Å². The van der Waals surface area contributed by atoms with Crippen molar-refractivity contribution in [2.45, 2.75) is 6.54 Å². The Morgan fingerprint density at radius 1 is 1.15 bits per heavy atom. The molecule has 0 fully saturated rings. The van der Waals surface area contributed by atoms with Crippen molar-refractivity contribution in [3.63, 3.8) is 0 Å². The van der Waals surface area contributed by atoms with Crippen molar-refractivity contribution in [2.75, 3.05) is 17.7 Å². The zero-order chi connectivity index (χ0) is 14.5. The van der Waals surface area contributed by atoms with Crippen LogP contribution in [-0.2, 0) is 6.54 Å². The highest BCUT2D eigenvalue weighted by molar-refractivity contribution is 6.30. The van der Waals surface area contributed by atoms with Crippen LogP contribution in [0.25, 0.3) is 0 Å². The van der Waals surface area contributed by atoms with Gasteiger partial charge in [0.1, 0.15) is 11.4 Å². The second-order valence-electron chi connectivity index (χ2n) is 4.19. The SMILES string of the molecule is CNc1cccc(NCc2ccc(Cl)cc2)c1[N+](=O)[O-].